The van der Waals surface area contributed by atoms with Crippen molar-refractivity contribution in [2.75, 3.05) is 6.54 Å². The maximum atomic E-state index is 13.3. The minimum Gasteiger partial charge on any atom is -0.481 e. The summed E-state index contributed by atoms with van der Waals surface area (Å²) >= 11 is 0. The summed E-state index contributed by atoms with van der Waals surface area (Å²) in [7, 11) is 0. The fourth-order valence-corrected chi connectivity index (χ4v) is 3.70. The van der Waals surface area contributed by atoms with Crippen molar-refractivity contribution in [1.29, 1.82) is 0 Å². The quantitative estimate of drug-likeness (QED) is 0.169. The number of carboxylic acids is 2. The molecule has 34 heavy (non-hydrogen) atoms. The van der Waals surface area contributed by atoms with Crippen LogP contribution in [0.15, 0.2) is 0 Å². The van der Waals surface area contributed by atoms with E-state index in [1.807, 2.05) is 13.8 Å². The van der Waals surface area contributed by atoms with Crippen LogP contribution in [-0.4, -0.2) is 81.4 Å². The average Bonchev–Trinajstić information content (AvgIpc) is 3.22. The zero-order valence-electron chi connectivity index (χ0n) is 19.5. The molecule has 1 saturated heterocycles. The third-order valence-electron chi connectivity index (χ3n) is 5.46. The lowest BCUT2D eigenvalue weighted by Crippen LogP contribution is -2.57. The highest BCUT2D eigenvalue weighted by Gasteiger charge is 2.39. The van der Waals surface area contributed by atoms with E-state index in [9.17, 15) is 33.9 Å². The molecule has 0 aromatic rings. The molecule has 192 valence electrons. The predicted octanol–water partition coefficient (Wildman–Crippen LogP) is -1.46. The molecule has 4 atom stereocenters. The van der Waals surface area contributed by atoms with Gasteiger partial charge in [-0.05, 0) is 38.0 Å². The third-order valence-corrected chi connectivity index (χ3v) is 5.46. The first-order valence-electron chi connectivity index (χ1n) is 11.2. The van der Waals surface area contributed by atoms with E-state index in [1.165, 1.54) is 4.90 Å². The van der Waals surface area contributed by atoms with Gasteiger partial charge >= 0.3 is 11.9 Å². The van der Waals surface area contributed by atoms with Crippen LogP contribution in [-0.2, 0) is 28.8 Å². The van der Waals surface area contributed by atoms with Crippen molar-refractivity contribution >= 4 is 35.6 Å². The Morgan fingerprint density at radius 1 is 1.00 bits per heavy atom. The number of carboxylic acid groups (broad SMARTS) is 2. The summed E-state index contributed by atoms with van der Waals surface area (Å²) in [5.74, 6) is -4.97. The lowest BCUT2D eigenvalue weighted by atomic mass is 10.0. The van der Waals surface area contributed by atoms with Crippen LogP contribution in [0.1, 0.15) is 58.8 Å². The summed E-state index contributed by atoms with van der Waals surface area (Å²) < 4.78 is 0. The van der Waals surface area contributed by atoms with E-state index in [1.54, 1.807) is 0 Å². The van der Waals surface area contributed by atoms with Crippen molar-refractivity contribution in [3.05, 3.63) is 0 Å². The number of rotatable bonds is 14. The Bertz CT molecular complexity index is 787. The summed E-state index contributed by atoms with van der Waals surface area (Å²) in [6.07, 6.45) is 0.264. The molecule has 13 heteroatoms. The number of amides is 4. The summed E-state index contributed by atoms with van der Waals surface area (Å²) in [5.41, 5.74) is 10.8. The highest BCUT2D eigenvalue weighted by Crippen LogP contribution is 2.21. The predicted molar refractivity (Wildman–Crippen MR) is 119 cm³/mol. The molecule has 1 rings (SSSR count). The van der Waals surface area contributed by atoms with Crippen molar-refractivity contribution in [1.82, 2.24) is 15.5 Å². The van der Waals surface area contributed by atoms with Crippen molar-refractivity contribution in [2.45, 2.75) is 83.0 Å². The van der Waals surface area contributed by atoms with Gasteiger partial charge in [0.1, 0.15) is 18.1 Å². The molecule has 13 nitrogen and oxygen atoms in total. The highest BCUT2D eigenvalue weighted by molar-refractivity contribution is 5.94. The molecule has 0 spiro atoms. The molecule has 4 unspecified atom stereocenters. The molecular weight excluding hydrogens is 450 g/mol. The second-order valence-electron chi connectivity index (χ2n) is 8.82. The molecule has 8 N–H and O–H groups in total. The second kappa shape index (κ2) is 13.5. The van der Waals surface area contributed by atoms with E-state index < -0.39 is 59.7 Å². The molecule has 1 aliphatic rings. The minimum atomic E-state index is -1.34. The second-order valence-corrected chi connectivity index (χ2v) is 8.82. The Labute approximate surface area is 197 Å². The van der Waals surface area contributed by atoms with Gasteiger partial charge in [-0.25, -0.2) is 4.79 Å². The van der Waals surface area contributed by atoms with E-state index in [2.05, 4.69) is 10.6 Å². The molecule has 0 aromatic heterocycles. The zero-order valence-corrected chi connectivity index (χ0v) is 19.5. The van der Waals surface area contributed by atoms with Crippen LogP contribution in [0.3, 0.4) is 0 Å². The van der Waals surface area contributed by atoms with Crippen LogP contribution in [0, 0.1) is 5.92 Å². The smallest absolute Gasteiger partial charge is 0.326 e. The van der Waals surface area contributed by atoms with Gasteiger partial charge in [0, 0.05) is 19.4 Å². The number of likely N-dealkylation sites (tertiary alicyclic amines) is 1. The molecule has 0 radical (unpaired) electrons. The number of carbonyl (C=O) groups excluding carboxylic acids is 4. The van der Waals surface area contributed by atoms with Gasteiger partial charge in [-0.2, -0.15) is 0 Å². The van der Waals surface area contributed by atoms with Crippen LogP contribution in [0.4, 0.5) is 0 Å². The van der Waals surface area contributed by atoms with Crippen LogP contribution in [0.5, 0.6) is 0 Å². The van der Waals surface area contributed by atoms with E-state index in [0.717, 1.165) is 0 Å². The molecular formula is C21H35N5O8. The molecule has 1 heterocycles. The zero-order chi connectivity index (χ0) is 26.0. The van der Waals surface area contributed by atoms with Crippen LogP contribution >= 0.6 is 0 Å². The SMILES string of the molecule is CC(C)CC(NC(=O)C(N)CCC(=O)O)C(=O)N1CCCC1C(=O)NC(CCC(N)=O)C(=O)O. The average molecular weight is 486 g/mol. The van der Waals surface area contributed by atoms with E-state index in [0.29, 0.717) is 12.8 Å². The maximum absolute atomic E-state index is 13.3. The lowest BCUT2D eigenvalue weighted by molar-refractivity contribution is -0.145. The third kappa shape index (κ3) is 9.33. The highest BCUT2D eigenvalue weighted by atomic mass is 16.4. The standard InChI is InChI=1S/C21H35N5O8/c1-11(2)10-14(25-18(30)12(22)5-8-17(28)29)20(32)26-9-3-4-15(26)19(31)24-13(21(33)34)6-7-16(23)27/h11-15H,3-10,22H2,1-2H3,(H2,23,27)(H,24,31)(H,25,30)(H,28,29)(H,33,34). The van der Waals surface area contributed by atoms with Crippen molar-refractivity contribution in [2.24, 2.45) is 17.4 Å². The van der Waals surface area contributed by atoms with E-state index >= 15 is 0 Å². The lowest BCUT2D eigenvalue weighted by Gasteiger charge is -2.30. The number of carbonyl (C=O) groups is 6. The summed E-state index contributed by atoms with van der Waals surface area (Å²) in [4.78, 5) is 73.0. The Kier molecular flexibility index (Phi) is 11.4. The minimum absolute atomic E-state index is 0.00423. The fourth-order valence-electron chi connectivity index (χ4n) is 3.70. The number of nitrogens with two attached hydrogens (primary N) is 2. The fraction of sp³-hybridized carbons (Fsp3) is 0.714. The molecule has 4 amide bonds. The Morgan fingerprint density at radius 2 is 1.65 bits per heavy atom. The van der Waals surface area contributed by atoms with Crippen LogP contribution in [0.25, 0.3) is 0 Å². The summed E-state index contributed by atoms with van der Waals surface area (Å²) in [5, 5.41) is 23.0. The Hall–Kier alpha value is -3.22. The first-order chi connectivity index (χ1) is 15.8. The first kappa shape index (κ1) is 28.8. The van der Waals surface area contributed by atoms with E-state index in [-0.39, 0.29) is 44.6 Å². The Balaban J connectivity index is 2.92. The number of hydrogen-bond acceptors (Lipinski definition) is 7. The van der Waals surface area contributed by atoms with Gasteiger partial charge < -0.3 is 37.2 Å². The van der Waals surface area contributed by atoms with Gasteiger partial charge in [-0.3, -0.25) is 24.0 Å². The van der Waals surface area contributed by atoms with Crippen molar-refractivity contribution in [3.8, 4) is 0 Å². The van der Waals surface area contributed by atoms with Gasteiger partial charge in [-0.15, -0.1) is 0 Å². The summed E-state index contributed by atoms with van der Waals surface area (Å²) in [6.45, 7) is 3.94. The molecule has 1 fully saturated rings. The normalized spacial score (nSPS) is 18.1. The van der Waals surface area contributed by atoms with Crippen molar-refractivity contribution < 1.29 is 39.0 Å². The molecule has 0 aliphatic carbocycles. The molecule has 1 aliphatic heterocycles. The summed E-state index contributed by atoms with van der Waals surface area (Å²) in [6, 6.07) is -4.37. The number of hydrogen-bond donors (Lipinski definition) is 6. The number of nitrogens with zero attached hydrogens (tertiary/aromatic N) is 1. The van der Waals surface area contributed by atoms with Gasteiger partial charge in [-0.1, -0.05) is 13.8 Å². The number of nitrogens with one attached hydrogen (secondary N) is 2. The number of primary amides is 1. The van der Waals surface area contributed by atoms with Gasteiger partial charge in [0.05, 0.1) is 6.04 Å². The monoisotopic (exact) mass is 485 g/mol. The largest absolute Gasteiger partial charge is 0.481 e. The van der Waals surface area contributed by atoms with Crippen LogP contribution < -0.4 is 22.1 Å². The molecule has 0 saturated carbocycles. The molecule has 0 aromatic carbocycles. The topological polar surface area (TPSA) is 222 Å². The van der Waals surface area contributed by atoms with Crippen LogP contribution in [0.2, 0.25) is 0 Å². The van der Waals surface area contributed by atoms with Gasteiger partial charge in [0.25, 0.3) is 0 Å². The van der Waals surface area contributed by atoms with Crippen molar-refractivity contribution in [3.63, 3.8) is 0 Å². The Morgan fingerprint density at radius 3 is 2.18 bits per heavy atom. The van der Waals surface area contributed by atoms with E-state index in [4.69, 9.17) is 16.6 Å². The molecule has 0 bridgehead atoms. The number of aliphatic carboxylic acids is 2. The van der Waals surface area contributed by atoms with Gasteiger partial charge in [0.15, 0.2) is 0 Å². The first-order valence-corrected chi connectivity index (χ1v) is 11.2. The maximum Gasteiger partial charge on any atom is 0.326 e. The van der Waals surface area contributed by atoms with Gasteiger partial charge in [0.2, 0.25) is 23.6 Å².